The van der Waals surface area contributed by atoms with Crippen molar-refractivity contribution in [2.45, 2.75) is 121 Å². The first-order valence-corrected chi connectivity index (χ1v) is 15.4. The maximum atomic E-state index is 12.4. The van der Waals surface area contributed by atoms with Gasteiger partial charge in [-0.1, -0.05) is 19.9 Å². The fraction of sp³-hybridized carbons (Fsp3) is 0.812. The van der Waals surface area contributed by atoms with Crippen molar-refractivity contribution >= 4 is 11.9 Å². The predicted molar refractivity (Wildman–Crippen MR) is 147 cm³/mol. The van der Waals surface area contributed by atoms with Crippen LogP contribution in [-0.4, -0.2) is 78.3 Å². The molecule has 4 aliphatic carbocycles. The summed E-state index contributed by atoms with van der Waals surface area (Å²) >= 11 is 0. The van der Waals surface area contributed by atoms with Crippen molar-refractivity contribution in [1.82, 2.24) is 0 Å². The third-order valence-corrected chi connectivity index (χ3v) is 12.0. The van der Waals surface area contributed by atoms with E-state index in [9.17, 15) is 19.8 Å². The SMILES string of the molecule is CO[C@@H]1[C@@H](O)[C@H](C)O[C@@H](O[C@H]2CC[C@@]3(C)[C@H](CC[C@@H]4[C@@H]3CC[C@]3(C)C(C5=CC(=O)OC5)=CC[C@]43O)C2)[C@@H]1OC(C)=O. The summed E-state index contributed by atoms with van der Waals surface area (Å²) in [4.78, 5) is 23.7. The van der Waals surface area contributed by atoms with Crippen molar-refractivity contribution in [2.24, 2.45) is 28.6 Å². The average Bonchev–Trinajstić information content (AvgIpc) is 3.46. The number of carbonyl (C=O) groups excluding carboxylic acids is 2. The number of hydrogen-bond donors (Lipinski definition) is 2. The van der Waals surface area contributed by atoms with Crippen molar-refractivity contribution in [3.05, 3.63) is 23.3 Å². The van der Waals surface area contributed by atoms with Gasteiger partial charge in [-0.15, -0.1) is 0 Å². The largest absolute Gasteiger partial charge is 0.458 e. The van der Waals surface area contributed by atoms with Gasteiger partial charge in [-0.2, -0.15) is 0 Å². The van der Waals surface area contributed by atoms with Crippen LogP contribution in [0.2, 0.25) is 0 Å². The zero-order chi connectivity index (χ0) is 29.3. The summed E-state index contributed by atoms with van der Waals surface area (Å²) in [7, 11) is 1.49. The second kappa shape index (κ2) is 10.4. The van der Waals surface area contributed by atoms with Crippen molar-refractivity contribution in [2.75, 3.05) is 13.7 Å². The molecule has 41 heavy (non-hydrogen) atoms. The van der Waals surface area contributed by atoms with Crippen LogP contribution in [0.5, 0.6) is 0 Å². The maximum absolute atomic E-state index is 12.4. The lowest BCUT2D eigenvalue weighted by Gasteiger charge is -2.63. The molecule has 9 heteroatoms. The lowest BCUT2D eigenvalue weighted by molar-refractivity contribution is -0.315. The molecule has 2 heterocycles. The molecule has 2 N–H and O–H groups in total. The number of aliphatic hydroxyl groups is 2. The van der Waals surface area contributed by atoms with Gasteiger partial charge in [-0.25, -0.2) is 4.79 Å². The van der Waals surface area contributed by atoms with Crippen LogP contribution in [0.25, 0.3) is 0 Å². The molecule has 0 unspecified atom stereocenters. The second-order valence-electron chi connectivity index (χ2n) is 13.9. The van der Waals surface area contributed by atoms with Crippen molar-refractivity contribution < 1.29 is 43.5 Å². The molecule has 6 aliphatic rings. The highest BCUT2D eigenvalue weighted by Gasteiger charge is 2.66. The molecule has 9 nitrogen and oxygen atoms in total. The summed E-state index contributed by atoms with van der Waals surface area (Å²) in [5.41, 5.74) is 0.936. The number of methoxy groups -OCH3 is 1. The molecule has 0 spiro atoms. The van der Waals surface area contributed by atoms with E-state index in [1.54, 1.807) is 13.0 Å². The first kappa shape index (κ1) is 29.3. The van der Waals surface area contributed by atoms with E-state index in [-0.39, 0.29) is 28.8 Å². The van der Waals surface area contributed by atoms with Crippen LogP contribution in [0.3, 0.4) is 0 Å². The molecule has 0 aromatic rings. The van der Waals surface area contributed by atoms with Crippen LogP contribution >= 0.6 is 0 Å². The van der Waals surface area contributed by atoms with Crippen LogP contribution in [-0.2, 0) is 33.3 Å². The number of rotatable bonds is 5. The number of aliphatic hydroxyl groups excluding tert-OH is 1. The van der Waals surface area contributed by atoms with E-state index in [0.717, 1.165) is 56.1 Å². The van der Waals surface area contributed by atoms with Gasteiger partial charge < -0.3 is 33.9 Å². The second-order valence-corrected chi connectivity index (χ2v) is 13.9. The van der Waals surface area contributed by atoms with Gasteiger partial charge in [0.05, 0.1) is 17.8 Å². The van der Waals surface area contributed by atoms with Crippen molar-refractivity contribution in [3.8, 4) is 0 Å². The topological polar surface area (TPSA) is 121 Å². The van der Waals surface area contributed by atoms with Crippen LogP contribution in [0, 0.1) is 28.6 Å². The van der Waals surface area contributed by atoms with E-state index in [2.05, 4.69) is 19.9 Å². The lowest BCUT2D eigenvalue weighted by Crippen LogP contribution is -2.62. The highest BCUT2D eigenvalue weighted by Crippen LogP contribution is 2.68. The summed E-state index contributed by atoms with van der Waals surface area (Å²) < 4.78 is 28.8. The summed E-state index contributed by atoms with van der Waals surface area (Å²) in [5, 5.41) is 23.0. The van der Waals surface area contributed by atoms with Gasteiger partial charge in [-0.3, -0.25) is 4.79 Å². The fourth-order valence-corrected chi connectivity index (χ4v) is 9.77. The highest BCUT2D eigenvalue weighted by atomic mass is 16.7. The number of fused-ring (bicyclic) bond motifs is 5. The molecule has 0 bridgehead atoms. The smallest absolute Gasteiger partial charge is 0.331 e. The predicted octanol–water partition coefficient (Wildman–Crippen LogP) is 3.60. The molecular weight excluding hydrogens is 528 g/mol. The Hall–Kier alpha value is -1.78. The van der Waals surface area contributed by atoms with E-state index in [1.807, 2.05) is 0 Å². The number of ether oxygens (including phenoxy) is 5. The van der Waals surface area contributed by atoms with Gasteiger partial charge in [0.25, 0.3) is 0 Å². The van der Waals surface area contributed by atoms with Gasteiger partial charge in [0.1, 0.15) is 18.8 Å². The van der Waals surface area contributed by atoms with Crippen LogP contribution in [0.15, 0.2) is 23.3 Å². The average molecular weight is 575 g/mol. The monoisotopic (exact) mass is 574 g/mol. The molecule has 2 aliphatic heterocycles. The Morgan fingerprint density at radius 2 is 1.88 bits per heavy atom. The first-order chi connectivity index (χ1) is 19.4. The quantitative estimate of drug-likeness (QED) is 0.375. The van der Waals surface area contributed by atoms with E-state index >= 15 is 0 Å². The van der Waals surface area contributed by atoms with Crippen LogP contribution in [0.1, 0.15) is 79.1 Å². The Kier molecular flexibility index (Phi) is 7.46. The van der Waals surface area contributed by atoms with Gasteiger partial charge in [-0.05, 0) is 87.0 Å². The molecule has 12 atom stereocenters. The zero-order valence-corrected chi connectivity index (χ0v) is 25.0. The van der Waals surface area contributed by atoms with Gasteiger partial charge >= 0.3 is 11.9 Å². The van der Waals surface area contributed by atoms with Crippen LogP contribution in [0.4, 0.5) is 0 Å². The standard InChI is InChI=1S/C32H46O9/c1-17-26(35)27(37-5)28(40-18(2)33)29(39-17)41-21-8-11-30(3)20(15-21)6-7-24-23(30)9-12-31(4)22(10-13-32(24,31)36)19-14-25(34)38-16-19/h10,14,17,20-21,23-24,26-29,35-36H,6-9,11-13,15-16H2,1-5H3/t17-,20+,21-,23-,24+,26-,27+,28+,29-,30-,31+,32-/m0/s1. The number of hydrogen-bond acceptors (Lipinski definition) is 9. The number of cyclic esters (lactones) is 1. The molecule has 1 saturated heterocycles. The van der Waals surface area contributed by atoms with E-state index in [1.165, 1.54) is 14.0 Å². The molecule has 0 amide bonds. The van der Waals surface area contributed by atoms with E-state index in [4.69, 9.17) is 23.7 Å². The summed E-state index contributed by atoms with van der Waals surface area (Å²) in [5.74, 6) is 0.302. The van der Waals surface area contributed by atoms with E-state index in [0.29, 0.717) is 24.9 Å². The minimum absolute atomic E-state index is 0.0591. The van der Waals surface area contributed by atoms with Crippen molar-refractivity contribution in [3.63, 3.8) is 0 Å². The summed E-state index contributed by atoms with van der Waals surface area (Å²) in [6.07, 6.45) is 7.13. The van der Waals surface area contributed by atoms with E-state index < -0.39 is 42.3 Å². The third kappa shape index (κ3) is 4.53. The Morgan fingerprint density at radius 3 is 2.56 bits per heavy atom. The highest BCUT2D eigenvalue weighted by molar-refractivity contribution is 5.86. The third-order valence-electron chi connectivity index (χ3n) is 12.0. The van der Waals surface area contributed by atoms with Crippen LogP contribution < -0.4 is 0 Å². The Morgan fingerprint density at radius 1 is 1.10 bits per heavy atom. The zero-order valence-electron chi connectivity index (χ0n) is 25.0. The Labute approximate surface area is 242 Å². The molecule has 0 aromatic carbocycles. The van der Waals surface area contributed by atoms with Gasteiger partial charge in [0.2, 0.25) is 0 Å². The summed E-state index contributed by atoms with van der Waals surface area (Å²) in [6, 6.07) is 0. The molecule has 4 fully saturated rings. The Balaban J connectivity index is 1.16. The Bertz CT molecular complexity index is 1130. The number of esters is 2. The van der Waals surface area contributed by atoms with Crippen molar-refractivity contribution in [1.29, 1.82) is 0 Å². The number of carbonyl (C=O) groups is 2. The molecule has 6 rings (SSSR count). The van der Waals surface area contributed by atoms with Gasteiger partial charge in [0.15, 0.2) is 12.4 Å². The maximum Gasteiger partial charge on any atom is 0.331 e. The van der Waals surface area contributed by atoms with Gasteiger partial charge in [0, 0.05) is 31.1 Å². The molecule has 228 valence electrons. The molecular formula is C32H46O9. The minimum Gasteiger partial charge on any atom is -0.458 e. The lowest BCUT2D eigenvalue weighted by atomic mass is 9.43. The first-order valence-electron chi connectivity index (χ1n) is 15.4. The normalized spacial score (nSPS) is 49.2. The fourth-order valence-electron chi connectivity index (χ4n) is 9.77. The molecule has 3 saturated carbocycles. The minimum atomic E-state index is -0.930. The molecule has 0 aromatic heterocycles. The summed E-state index contributed by atoms with van der Waals surface area (Å²) in [6.45, 7) is 8.03. The molecule has 0 radical (unpaired) electrons.